The molecule has 20 heavy (non-hydrogen) atoms. The zero-order chi connectivity index (χ0) is 15.0. The maximum atomic E-state index is 11.8. The van der Waals surface area contributed by atoms with Crippen molar-refractivity contribution in [1.29, 1.82) is 0 Å². The molecule has 0 radical (unpaired) electrons. The Labute approximate surface area is 130 Å². The monoisotopic (exact) mass is 316 g/mol. The SMILES string of the molecule is CC(C)C(CCN)CCC(=O)NCCc1ccc(Cl)s1. The van der Waals surface area contributed by atoms with Crippen LogP contribution in [0.25, 0.3) is 0 Å². The lowest BCUT2D eigenvalue weighted by molar-refractivity contribution is -0.121. The summed E-state index contributed by atoms with van der Waals surface area (Å²) in [5.41, 5.74) is 5.61. The highest BCUT2D eigenvalue weighted by atomic mass is 35.5. The van der Waals surface area contributed by atoms with Gasteiger partial charge in [0, 0.05) is 17.8 Å². The Kier molecular flexibility index (Phi) is 8.19. The molecule has 0 saturated heterocycles. The zero-order valence-electron chi connectivity index (χ0n) is 12.3. The van der Waals surface area contributed by atoms with Gasteiger partial charge in [0.25, 0.3) is 0 Å². The van der Waals surface area contributed by atoms with Gasteiger partial charge in [-0.1, -0.05) is 25.4 Å². The fourth-order valence-corrected chi connectivity index (χ4v) is 3.33. The number of halogens is 1. The van der Waals surface area contributed by atoms with Crippen LogP contribution in [0.3, 0.4) is 0 Å². The van der Waals surface area contributed by atoms with Gasteiger partial charge in [0.1, 0.15) is 0 Å². The molecular formula is C15H25ClN2OS. The molecule has 0 aliphatic rings. The van der Waals surface area contributed by atoms with E-state index >= 15 is 0 Å². The van der Waals surface area contributed by atoms with E-state index < -0.39 is 0 Å². The summed E-state index contributed by atoms with van der Waals surface area (Å²) in [6.45, 7) is 5.76. The summed E-state index contributed by atoms with van der Waals surface area (Å²) in [6.07, 6.45) is 3.36. The molecule has 1 heterocycles. The molecule has 1 rings (SSSR count). The smallest absolute Gasteiger partial charge is 0.220 e. The second-order valence-electron chi connectivity index (χ2n) is 5.43. The Morgan fingerprint density at radius 3 is 2.70 bits per heavy atom. The third kappa shape index (κ3) is 6.73. The molecule has 1 unspecified atom stereocenters. The van der Waals surface area contributed by atoms with Gasteiger partial charge in [0.05, 0.1) is 4.34 Å². The van der Waals surface area contributed by atoms with Crippen LogP contribution in [0, 0.1) is 11.8 Å². The first-order valence-corrected chi connectivity index (χ1v) is 8.43. The average Bonchev–Trinajstić information content (AvgIpc) is 2.80. The molecule has 0 bridgehead atoms. The predicted molar refractivity (Wildman–Crippen MR) is 87.3 cm³/mol. The number of amides is 1. The van der Waals surface area contributed by atoms with E-state index in [1.165, 1.54) is 4.88 Å². The standard InChI is InChI=1S/C15H25ClN2OS/c1-11(2)12(7-9-17)3-6-15(19)18-10-8-13-4-5-14(16)20-13/h4-5,11-12H,3,6-10,17H2,1-2H3,(H,18,19). The van der Waals surface area contributed by atoms with Gasteiger partial charge in [0.2, 0.25) is 5.91 Å². The van der Waals surface area contributed by atoms with Crippen LogP contribution in [0.1, 0.15) is 38.0 Å². The molecular weight excluding hydrogens is 292 g/mol. The molecule has 0 saturated carbocycles. The number of carbonyl (C=O) groups excluding carboxylic acids is 1. The Balaban J connectivity index is 2.19. The summed E-state index contributed by atoms with van der Waals surface area (Å²) in [5, 5.41) is 2.97. The van der Waals surface area contributed by atoms with Crippen LogP contribution in [0.15, 0.2) is 12.1 Å². The molecule has 0 aliphatic heterocycles. The highest BCUT2D eigenvalue weighted by molar-refractivity contribution is 7.16. The highest BCUT2D eigenvalue weighted by Gasteiger charge is 2.14. The van der Waals surface area contributed by atoms with Crippen LogP contribution in [0.4, 0.5) is 0 Å². The zero-order valence-corrected chi connectivity index (χ0v) is 13.9. The van der Waals surface area contributed by atoms with E-state index in [-0.39, 0.29) is 5.91 Å². The van der Waals surface area contributed by atoms with Crippen molar-refractivity contribution in [3.05, 3.63) is 21.3 Å². The second-order valence-corrected chi connectivity index (χ2v) is 7.23. The van der Waals surface area contributed by atoms with Crippen molar-refractivity contribution in [2.45, 2.75) is 39.5 Å². The van der Waals surface area contributed by atoms with Crippen LogP contribution < -0.4 is 11.1 Å². The highest BCUT2D eigenvalue weighted by Crippen LogP contribution is 2.22. The number of rotatable bonds is 9. The number of nitrogens with two attached hydrogens (primary N) is 1. The van der Waals surface area contributed by atoms with Gasteiger partial charge in [-0.3, -0.25) is 4.79 Å². The number of hydrogen-bond acceptors (Lipinski definition) is 3. The molecule has 3 N–H and O–H groups in total. The van der Waals surface area contributed by atoms with Crippen LogP contribution in [0.2, 0.25) is 4.34 Å². The van der Waals surface area contributed by atoms with E-state index in [0.29, 0.717) is 31.3 Å². The summed E-state index contributed by atoms with van der Waals surface area (Å²) in [5.74, 6) is 1.26. The van der Waals surface area contributed by atoms with Crippen molar-refractivity contribution < 1.29 is 4.79 Å². The van der Waals surface area contributed by atoms with Crippen LogP contribution >= 0.6 is 22.9 Å². The molecule has 0 fully saturated rings. The van der Waals surface area contributed by atoms with Crippen LogP contribution in [0.5, 0.6) is 0 Å². The topological polar surface area (TPSA) is 55.1 Å². The van der Waals surface area contributed by atoms with Crippen molar-refractivity contribution in [1.82, 2.24) is 5.32 Å². The van der Waals surface area contributed by atoms with E-state index in [1.807, 2.05) is 12.1 Å². The van der Waals surface area contributed by atoms with Gasteiger partial charge in [-0.2, -0.15) is 0 Å². The summed E-state index contributed by atoms with van der Waals surface area (Å²) in [6, 6.07) is 3.90. The summed E-state index contributed by atoms with van der Waals surface area (Å²) in [7, 11) is 0. The first kappa shape index (κ1) is 17.5. The van der Waals surface area contributed by atoms with Gasteiger partial charge in [-0.25, -0.2) is 0 Å². The van der Waals surface area contributed by atoms with Crippen LogP contribution in [-0.2, 0) is 11.2 Å². The number of hydrogen-bond donors (Lipinski definition) is 2. The maximum absolute atomic E-state index is 11.8. The largest absolute Gasteiger partial charge is 0.356 e. The van der Waals surface area contributed by atoms with Crippen molar-refractivity contribution in [2.24, 2.45) is 17.6 Å². The van der Waals surface area contributed by atoms with E-state index in [4.69, 9.17) is 17.3 Å². The Hall–Kier alpha value is -0.580. The van der Waals surface area contributed by atoms with Gasteiger partial charge in [-0.05, 0) is 49.8 Å². The molecule has 1 aromatic rings. The van der Waals surface area contributed by atoms with Gasteiger partial charge >= 0.3 is 0 Å². The molecule has 0 aromatic carbocycles. The molecule has 1 amide bonds. The van der Waals surface area contributed by atoms with Crippen LogP contribution in [-0.4, -0.2) is 19.0 Å². The first-order valence-electron chi connectivity index (χ1n) is 7.24. The lowest BCUT2D eigenvalue weighted by Gasteiger charge is -2.19. The molecule has 0 aliphatic carbocycles. The van der Waals surface area contributed by atoms with Crippen molar-refractivity contribution in [2.75, 3.05) is 13.1 Å². The molecule has 114 valence electrons. The fourth-order valence-electron chi connectivity index (χ4n) is 2.24. The molecule has 3 nitrogen and oxygen atoms in total. The van der Waals surface area contributed by atoms with E-state index in [9.17, 15) is 4.79 Å². The van der Waals surface area contributed by atoms with Gasteiger partial charge < -0.3 is 11.1 Å². The lowest BCUT2D eigenvalue weighted by atomic mass is 9.88. The van der Waals surface area contributed by atoms with Gasteiger partial charge in [0.15, 0.2) is 0 Å². The molecule has 1 aromatic heterocycles. The van der Waals surface area contributed by atoms with E-state index in [1.54, 1.807) is 11.3 Å². The van der Waals surface area contributed by atoms with Crippen molar-refractivity contribution in [3.63, 3.8) is 0 Å². The average molecular weight is 317 g/mol. The minimum Gasteiger partial charge on any atom is -0.356 e. The normalized spacial score (nSPS) is 12.7. The third-order valence-electron chi connectivity index (χ3n) is 3.54. The number of carbonyl (C=O) groups is 1. The molecule has 0 spiro atoms. The van der Waals surface area contributed by atoms with Crippen molar-refractivity contribution >= 4 is 28.8 Å². The fraction of sp³-hybridized carbons (Fsp3) is 0.667. The Morgan fingerprint density at radius 1 is 1.40 bits per heavy atom. The molecule has 5 heteroatoms. The lowest BCUT2D eigenvalue weighted by Crippen LogP contribution is -2.26. The Bertz CT molecular complexity index is 406. The third-order valence-corrected chi connectivity index (χ3v) is 4.84. The minimum atomic E-state index is 0.135. The quantitative estimate of drug-likeness (QED) is 0.733. The molecule has 1 atom stereocenters. The van der Waals surface area contributed by atoms with Crippen molar-refractivity contribution in [3.8, 4) is 0 Å². The maximum Gasteiger partial charge on any atom is 0.220 e. The minimum absolute atomic E-state index is 0.135. The van der Waals surface area contributed by atoms with Gasteiger partial charge in [-0.15, -0.1) is 11.3 Å². The number of nitrogens with one attached hydrogen (secondary N) is 1. The summed E-state index contributed by atoms with van der Waals surface area (Å²) in [4.78, 5) is 13.0. The second kappa shape index (κ2) is 9.37. The summed E-state index contributed by atoms with van der Waals surface area (Å²) >= 11 is 7.44. The predicted octanol–water partition coefficient (Wildman–Crippen LogP) is 3.46. The Morgan fingerprint density at radius 2 is 2.15 bits per heavy atom. The van der Waals surface area contributed by atoms with E-state index in [0.717, 1.165) is 23.6 Å². The number of thiophene rings is 1. The van der Waals surface area contributed by atoms with E-state index in [2.05, 4.69) is 19.2 Å². The summed E-state index contributed by atoms with van der Waals surface area (Å²) < 4.78 is 0.799. The first-order chi connectivity index (χ1) is 9.52.